The number of piperazine rings is 1. The molecular formula is C27H26ClFN4O4. The first kappa shape index (κ1) is 24.8. The van der Waals surface area contributed by atoms with Crippen LogP contribution < -0.4 is 19.9 Å². The second kappa shape index (κ2) is 10.3. The number of halogens is 2. The highest BCUT2D eigenvalue weighted by molar-refractivity contribution is 6.31. The molecule has 0 unspecified atom stereocenters. The SMILES string of the molecule is COc1ccc(Cl)cc1N1CCN2c3ccc([N+](=O)[O-])cc3C[C@@H](C(=O)NCc3ccc(F)cc3)[C@@H]2C1. The van der Waals surface area contributed by atoms with Gasteiger partial charge in [0.15, 0.2) is 0 Å². The van der Waals surface area contributed by atoms with E-state index in [0.29, 0.717) is 36.8 Å². The average Bonchev–Trinajstić information content (AvgIpc) is 2.91. The van der Waals surface area contributed by atoms with E-state index in [2.05, 4.69) is 15.1 Å². The molecule has 0 aromatic heterocycles. The average molecular weight is 525 g/mol. The Morgan fingerprint density at radius 1 is 1.14 bits per heavy atom. The summed E-state index contributed by atoms with van der Waals surface area (Å²) in [7, 11) is 1.61. The number of anilines is 2. The molecule has 1 saturated heterocycles. The summed E-state index contributed by atoms with van der Waals surface area (Å²) in [5.74, 6) is -0.253. The fraction of sp³-hybridized carbons (Fsp3) is 0.296. The van der Waals surface area contributed by atoms with Gasteiger partial charge in [-0.3, -0.25) is 14.9 Å². The Bertz CT molecular complexity index is 1340. The Morgan fingerprint density at radius 3 is 2.65 bits per heavy atom. The lowest BCUT2D eigenvalue weighted by Crippen LogP contribution is -2.61. The summed E-state index contributed by atoms with van der Waals surface area (Å²) < 4.78 is 18.9. The van der Waals surface area contributed by atoms with Gasteiger partial charge >= 0.3 is 0 Å². The van der Waals surface area contributed by atoms with Crippen molar-refractivity contribution in [3.05, 3.63) is 92.7 Å². The first-order chi connectivity index (χ1) is 17.8. The van der Waals surface area contributed by atoms with Crippen molar-refractivity contribution in [3.63, 3.8) is 0 Å². The van der Waals surface area contributed by atoms with Gasteiger partial charge < -0.3 is 19.9 Å². The summed E-state index contributed by atoms with van der Waals surface area (Å²) in [6.07, 6.45) is 0.369. The van der Waals surface area contributed by atoms with Gasteiger partial charge in [0.1, 0.15) is 11.6 Å². The van der Waals surface area contributed by atoms with Crippen molar-refractivity contribution in [2.24, 2.45) is 5.92 Å². The number of nitrogens with one attached hydrogen (secondary N) is 1. The highest BCUT2D eigenvalue weighted by Gasteiger charge is 2.42. The fourth-order valence-electron chi connectivity index (χ4n) is 5.27. The van der Waals surface area contributed by atoms with E-state index < -0.39 is 10.8 Å². The van der Waals surface area contributed by atoms with Crippen LogP contribution in [-0.4, -0.2) is 43.6 Å². The molecule has 2 aliphatic rings. The van der Waals surface area contributed by atoms with Crippen LogP contribution in [0.5, 0.6) is 5.75 Å². The Balaban J connectivity index is 1.45. The predicted octanol–water partition coefficient (Wildman–Crippen LogP) is 4.58. The lowest BCUT2D eigenvalue weighted by molar-refractivity contribution is -0.384. The largest absolute Gasteiger partial charge is 0.495 e. The number of carbonyl (C=O) groups excluding carboxylic acids is 1. The Morgan fingerprint density at radius 2 is 1.92 bits per heavy atom. The van der Waals surface area contributed by atoms with Gasteiger partial charge in [-0.2, -0.15) is 0 Å². The van der Waals surface area contributed by atoms with Crippen molar-refractivity contribution in [3.8, 4) is 5.75 Å². The van der Waals surface area contributed by atoms with Gasteiger partial charge in [-0.1, -0.05) is 23.7 Å². The van der Waals surface area contributed by atoms with E-state index in [1.165, 1.54) is 18.2 Å². The Kier molecular flexibility index (Phi) is 6.88. The van der Waals surface area contributed by atoms with E-state index in [4.69, 9.17) is 16.3 Å². The lowest BCUT2D eigenvalue weighted by atomic mass is 9.83. The molecule has 0 aliphatic carbocycles. The van der Waals surface area contributed by atoms with Crippen LogP contribution in [0.3, 0.4) is 0 Å². The number of nitro groups is 1. The predicted molar refractivity (Wildman–Crippen MR) is 140 cm³/mol. The van der Waals surface area contributed by atoms with Crippen molar-refractivity contribution in [2.45, 2.75) is 19.0 Å². The standard InChI is InChI=1S/C27H26ClFN4O4/c1-37-26-9-4-19(28)14-24(26)31-10-11-32-23-8-7-21(33(35)36)12-18(23)13-22(25(32)16-31)27(34)30-15-17-2-5-20(29)6-3-17/h2-9,12,14,22,25H,10-11,13,15-16H2,1H3,(H,30,34)/t22-,25+/m1/s1. The van der Waals surface area contributed by atoms with Crippen LogP contribution in [0.2, 0.25) is 5.02 Å². The summed E-state index contributed by atoms with van der Waals surface area (Å²) in [4.78, 5) is 28.9. The Labute approximate surface area is 218 Å². The molecule has 5 rings (SSSR count). The van der Waals surface area contributed by atoms with E-state index in [1.54, 1.807) is 37.4 Å². The van der Waals surface area contributed by atoms with E-state index in [-0.39, 0.29) is 30.0 Å². The smallest absolute Gasteiger partial charge is 0.269 e. The van der Waals surface area contributed by atoms with Gasteiger partial charge in [0.25, 0.3) is 5.69 Å². The molecule has 3 aromatic rings. The number of non-ortho nitro benzene ring substituents is 1. The number of methoxy groups -OCH3 is 1. The van der Waals surface area contributed by atoms with Gasteiger partial charge in [-0.15, -0.1) is 0 Å². The first-order valence-corrected chi connectivity index (χ1v) is 12.4. The van der Waals surface area contributed by atoms with E-state index in [1.807, 2.05) is 12.1 Å². The second-order valence-electron chi connectivity index (χ2n) is 9.25. The van der Waals surface area contributed by atoms with Crippen LogP contribution in [0.15, 0.2) is 60.7 Å². The number of carbonyl (C=O) groups is 1. The summed E-state index contributed by atoms with van der Waals surface area (Å²) in [5.41, 5.74) is 3.34. The third-order valence-corrected chi connectivity index (χ3v) is 7.34. The van der Waals surface area contributed by atoms with Crippen molar-refractivity contribution < 1.29 is 18.8 Å². The monoisotopic (exact) mass is 524 g/mol. The molecule has 0 saturated carbocycles. The second-order valence-corrected chi connectivity index (χ2v) is 9.68. The third kappa shape index (κ3) is 5.04. The molecule has 10 heteroatoms. The molecular weight excluding hydrogens is 499 g/mol. The molecule has 0 radical (unpaired) electrons. The number of ether oxygens (including phenoxy) is 1. The number of hydrogen-bond acceptors (Lipinski definition) is 6. The number of rotatable bonds is 6. The lowest BCUT2D eigenvalue weighted by Gasteiger charge is -2.49. The number of amides is 1. The van der Waals surface area contributed by atoms with Crippen LogP contribution >= 0.6 is 11.6 Å². The highest BCUT2D eigenvalue weighted by Crippen LogP contribution is 2.40. The molecule has 192 valence electrons. The van der Waals surface area contributed by atoms with Crippen molar-refractivity contribution in [2.75, 3.05) is 36.5 Å². The van der Waals surface area contributed by atoms with Gasteiger partial charge in [0.05, 0.1) is 29.7 Å². The number of nitro benzene ring substituents is 1. The topological polar surface area (TPSA) is 87.9 Å². The van der Waals surface area contributed by atoms with Crippen LogP contribution in [-0.2, 0) is 17.8 Å². The molecule has 0 spiro atoms. The quantitative estimate of drug-likeness (QED) is 0.375. The molecule has 2 heterocycles. The number of benzene rings is 3. The van der Waals surface area contributed by atoms with Crippen molar-refractivity contribution >= 4 is 34.6 Å². The van der Waals surface area contributed by atoms with Crippen molar-refractivity contribution in [1.29, 1.82) is 0 Å². The molecule has 2 atom stereocenters. The van der Waals surface area contributed by atoms with Crippen LogP contribution in [0.1, 0.15) is 11.1 Å². The molecule has 1 fully saturated rings. The Hall–Kier alpha value is -3.85. The molecule has 37 heavy (non-hydrogen) atoms. The van der Waals surface area contributed by atoms with Crippen LogP contribution in [0, 0.1) is 21.8 Å². The molecule has 8 nitrogen and oxygen atoms in total. The molecule has 0 bridgehead atoms. The number of fused-ring (bicyclic) bond motifs is 3. The molecule has 1 N–H and O–H groups in total. The maximum atomic E-state index is 13.5. The molecule has 1 amide bonds. The third-order valence-electron chi connectivity index (χ3n) is 7.10. The van der Waals surface area contributed by atoms with Crippen molar-refractivity contribution in [1.82, 2.24) is 5.32 Å². The van der Waals surface area contributed by atoms with E-state index >= 15 is 0 Å². The zero-order valence-electron chi connectivity index (χ0n) is 20.2. The minimum atomic E-state index is -0.456. The van der Waals surface area contributed by atoms with Gasteiger partial charge in [-0.05, 0) is 53.9 Å². The molecule has 2 aliphatic heterocycles. The summed E-state index contributed by atoms with van der Waals surface area (Å²) >= 11 is 6.29. The zero-order valence-corrected chi connectivity index (χ0v) is 21.0. The maximum absolute atomic E-state index is 13.5. The van der Waals surface area contributed by atoms with E-state index in [0.717, 1.165) is 22.5 Å². The first-order valence-electron chi connectivity index (χ1n) is 12.0. The summed E-state index contributed by atoms with van der Waals surface area (Å²) in [6, 6.07) is 16.1. The number of hydrogen-bond donors (Lipinski definition) is 1. The van der Waals surface area contributed by atoms with Crippen LogP contribution in [0.4, 0.5) is 21.5 Å². The minimum absolute atomic E-state index is 0.00460. The summed E-state index contributed by atoms with van der Waals surface area (Å²) in [6.45, 7) is 2.08. The highest BCUT2D eigenvalue weighted by atomic mass is 35.5. The van der Waals surface area contributed by atoms with Gasteiger partial charge in [0, 0.05) is 49.0 Å². The van der Waals surface area contributed by atoms with Crippen LogP contribution in [0.25, 0.3) is 0 Å². The minimum Gasteiger partial charge on any atom is -0.495 e. The van der Waals surface area contributed by atoms with E-state index in [9.17, 15) is 19.3 Å². The maximum Gasteiger partial charge on any atom is 0.269 e. The fourth-order valence-corrected chi connectivity index (χ4v) is 5.44. The van der Waals surface area contributed by atoms with Gasteiger partial charge in [-0.25, -0.2) is 4.39 Å². The van der Waals surface area contributed by atoms with Gasteiger partial charge in [0.2, 0.25) is 5.91 Å². The number of nitrogens with zero attached hydrogens (tertiary/aromatic N) is 3. The summed E-state index contributed by atoms with van der Waals surface area (Å²) in [5, 5.41) is 15.0. The molecule has 3 aromatic carbocycles. The zero-order chi connectivity index (χ0) is 26.1. The normalized spacial score (nSPS) is 18.6.